The summed E-state index contributed by atoms with van der Waals surface area (Å²) in [4.78, 5) is 4.21. The van der Waals surface area contributed by atoms with Crippen molar-refractivity contribution in [2.24, 2.45) is 11.7 Å². The molecule has 3 unspecified atom stereocenters. The monoisotopic (exact) mass is 233 g/mol. The van der Waals surface area contributed by atoms with Crippen LogP contribution in [-0.2, 0) is 0 Å². The Morgan fingerprint density at radius 1 is 1.53 bits per heavy atom. The molecule has 3 heteroatoms. The number of nitrogens with two attached hydrogens (primary N) is 1. The molecule has 0 spiro atoms. The minimum Gasteiger partial charge on any atom is -0.329 e. The average molecular weight is 233 g/mol. The van der Waals surface area contributed by atoms with Crippen molar-refractivity contribution in [3.63, 3.8) is 0 Å². The van der Waals surface area contributed by atoms with E-state index in [4.69, 9.17) is 5.73 Å². The van der Waals surface area contributed by atoms with E-state index in [1.165, 1.54) is 30.4 Å². The maximum atomic E-state index is 5.90. The first-order chi connectivity index (χ1) is 8.20. The van der Waals surface area contributed by atoms with Crippen molar-refractivity contribution in [1.82, 2.24) is 10.3 Å². The Balaban J connectivity index is 2.04. The second kappa shape index (κ2) is 5.61. The summed E-state index contributed by atoms with van der Waals surface area (Å²) in [5.74, 6) is 0.848. The number of aryl methyl sites for hydroxylation is 1. The Morgan fingerprint density at radius 3 is 2.94 bits per heavy atom. The summed E-state index contributed by atoms with van der Waals surface area (Å²) in [6, 6.07) is 2.92. The lowest BCUT2D eigenvalue weighted by Crippen LogP contribution is -2.35. The summed E-state index contributed by atoms with van der Waals surface area (Å²) in [5.41, 5.74) is 8.41. The van der Waals surface area contributed by atoms with E-state index < -0.39 is 0 Å². The number of hydrogen-bond donors (Lipinski definition) is 2. The molecule has 1 aromatic rings. The molecular formula is C14H23N3. The number of nitrogens with one attached hydrogen (secondary N) is 1. The molecular weight excluding hydrogens is 210 g/mol. The van der Waals surface area contributed by atoms with Crippen molar-refractivity contribution in [2.75, 3.05) is 6.54 Å². The molecule has 3 N–H and O–H groups in total. The lowest BCUT2D eigenvalue weighted by atomic mass is 10.0. The summed E-state index contributed by atoms with van der Waals surface area (Å²) < 4.78 is 0. The zero-order valence-electron chi connectivity index (χ0n) is 10.8. The number of aromatic nitrogens is 1. The Labute approximate surface area is 104 Å². The van der Waals surface area contributed by atoms with Crippen LogP contribution in [0.25, 0.3) is 0 Å². The highest BCUT2D eigenvalue weighted by Gasteiger charge is 2.24. The van der Waals surface area contributed by atoms with Gasteiger partial charge in [0, 0.05) is 31.0 Å². The minimum atomic E-state index is 0.249. The summed E-state index contributed by atoms with van der Waals surface area (Å²) in [6.07, 6.45) is 7.66. The minimum absolute atomic E-state index is 0.249. The van der Waals surface area contributed by atoms with Gasteiger partial charge in [-0.25, -0.2) is 0 Å². The van der Waals surface area contributed by atoms with Crippen molar-refractivity contribution < 1.29 is 0 Å². The Morgan fingerprint density at radius 2 is 2.35 bits per heavy atom. The molecule has 1 saturated carbocycles. The van der Waals surface area contributed by atoms with Crippen molar-refractivity contribution in [2.45, 2.75) is 45.2 Å². The fourth-order valence-electron chi connectivity index (χ4n) is 2.77. The van der Waals surface area contributed by atoms with Crippen LogP contribution in [0, 0.1) is 12.8 Å². The van der Waals surface area contributed by atoms with Crippen LogP contribution in [0.1, 0.15) is 43.4 Å². The Kier molecular flexibility index (Phi) is 4.13. The zero-order chi connectivity index (χ0) is 12.3. The van der Waals surface area contributed by atoms with Gasteiger partial charge < -0.3 is 11.1 Å². The first-order valence-corrected chi connectivity index (χ1v) is 6.57. The third-order valence-electron chi connectivity index (χ3n) is 3.82. The van der Waals surface area contributed by atoms with Gasteiger partial charge in [-0.1, -0.05) is 6.92 Å². The van der Waals surface area contributed by atoms with Crippen LogP contribution >= 0.6 is 0 Å². The number of hydrogen-bond acceptors (Lipinski definition) is 3. The molecule has 0 saturated heterocycles. The molecule has 1 fully saturated rings. The molecule has 0 aliphatic heterocycles. The van der Waals surface area contributed by atoms with E-state index in [-0.39, 0.29) is 6.04 Å². The van der Waals surface area contributed by atoms with E-state index >= 15 is 0 Å². The summed E-state index contributed by atoms with van der Waals surface area (Å²) >= 11 is 0. The van der Waals surface area contributed by atoms with Gasteiger partial charge in [-0.3, -0.25) is 4.98 Å². The highest BCUT2D eigenvalue weighted by atomic mass is 15.0. The molecule has 3 nitrogen and oxygen atoms in total. The van der Waals surface area contributed by atoms with Gasteiger partial charge in [-0.2, -0.15) is 0 Å². The predicted molar refractivity (Wildman–Crippen MR) is 70.7 cm³/mol. The van der Waals surface area contributed by atoms with E-state index in [9.17, 15) is 0 Å². The smallest absolute Gasteiger partial charge is 0.0464 e. The maximum Gasteiger partial charge on any atom is 0.0464 e. The van der Waals surface area contributed by atoms with Crippen molar-refractivity contribution in [3.8, 4) is 0 Å². The number of nitrogens with zero attached hydrogens (tertiary/aromatic N) is 1. The maximum absolute atomic E-state index is 5.90. The standard InChI is InChI=1S/C14H23N3/c1-10-3-4-12(7-10)17-14(8-15)13-9-16-6-5-11(13)2/h5-6,9-10,12,14,17H,3-4,7-8,15H2,1-2H3. The van der Waals surface area contributed by atoms with Gasteiger partial charge in [0.25, 0.3) is 0 Å². The lowest BCUT2D eigenvalue weighted by Gasteiger charge is -2.23. The fraction of sp³-hybridized carbons (Fsp3) is 0.643. The molecule has 0 amide bonds. The first-order valence-electron chi connectivity index (χ1n) is 6.57. The molecule has 2 rings (SSSR count). The highest BCUT2D eigenvalue weighted by Crippen LogP contribution is 2.27. The summed E-state index contributed by atoms with van der Waals surface area (Å²) in [6.45, 7) is 5.09. The number of rotatable bonds is 4. The van der Waals surface area contributed by atoms with Gasteiger partial charge in [0.2, 0.25) is 0 Å². The van der Waals surface area contributed by atoms with E-state index in [0.717, 1.165) is 5.92 Å². The molecule has 94 valence electrons. The van der Waals surface area contributed by atoms with Crippen LogP contribution in [0.3, 0.4) is 0 Å². The average Bonchev–Trinajstić information content (AvgIpc) is 2.73. The van der Waals surface area contributed by atoms with Crippen molar-refractivity contribution in [1.29, 1.82) is 0 Å². The van der Waals surface area contributed by atoms with E-state index in [0.29, 0.717) is 12.6 Å². The normalized spacial score (nSPS) is 26.1. The van der Waals surface area contributed by atoms with Gasteiger partial charge in [0.1, 0.15) is 0 Å². The second-order valence-electron chi connectivity index (χ2n) is 5.30. The number of pyridine rings is 1. The molecule has 1 aliphatic carbocycles. The van der Waals surface area contributed by atoms with Gasteiger partial charge in [-0.15, -0.1) is 0 Å². The van der Waals surface area contributed by atoms with Crippen LogP contribution in [0.4, 0.5) is 0 Å². The third kappa shape index (κ3) is 3.05. The lowest BCUT2D eigenvalue weighted by molar-refractivity contribution is 0.432. The van der Waals surface area contributed by atoms with Gasteiger partial charge in [0.15, 0.2) is 0 Å². The van der Waals surface area contributed by atoms with E-state index in [1.807, 2.05) is 12.4 Å². The van der Waals surface area contributed by atoms with E-state index in [1.54, 1.807) is 0 Å². The van der Waals surface area contributed by atoms with Crippen LogP contribution in [0.2, 0.25) is 0 Å². The van der Waals surface area contributed by atoms with Crippen LogP contribution in [0.15, 0.2) is 18.5 Å². The van der Waals surface area contributed by atoms with Gasteiger partial charge in [0.05, 0.1) is 0 Å². The Bertz CT molecular complexity index is 364. The largest absolute Gasteiger partial charge is 0.329 e. The molecule has 1 aromatic heterocycles. The van der Waals surface area contributed by atoms with Crippen LogP contribution < -0.4 is 11.1 Å². The molecule has 0 bridgehead atoms. The fourth-order valence-corrected chi connectivity index (χ4v) is 2.77. The molecule has 0 aromatic carbocycles. The van der Waals surface area contributed by atoms with Gasteiger partial charge in [-0.05, 0) is 49.3 Å². The first kappa shape index (κ1) is 12.5. The third-order valence-corrected chi connectivity index (χ3v) is 3.82. The van der Waals surface area contributed by atoms with Crippen molar-refractivity contribution >= 4 is 0 Å². The molecule has 1 heterocycles. The molecule has 0 radical (unpaired) electrons. The topological polar surface area (TPSA) is 50.9 Å². The molecule has 1 aliphatic rings. The summed E-state index contributed by atoms with van der Waals surface area (Å²) in [5, 5.41) is 3.69. The molecule has 17 heavy (non-hydrogen) atoms. The van der Waals surface area contributed by atoms with Crippen molar-refractivity contribution in [3.05, 3.63) is 29.6 Å². The zero-order valence-corrected chi connectivity index (χ0v) is 10.8. The summed E-state index contributed by atoms with van der Waals surface area (Å²) in [7, 11) is 0. The van der Waals surface area contributed by atoms with E-state index in [2.05, 4.69) is 30.2 Å². The highest BCUT2D eigenvalue weighted by molar-refractivity contribution is 5.25. The van der Waals surface area contributed by atoms with Gasteiger partial charge >= 0.3 is 0 Å². The quantitative estimate of drug-likeness (QED) is 0.838. The van der Waals surface area contributed by atoms with Crippen LogP contribution in [0.5, 0.6) is 0 Å². The van der Waals surface area contributed by atoms with Crippen LogP contribution in [-0.4, -0.2) is 17.6 Å². The molecule has 3 atom stereocenters. The SMILES string of the molecule is Cc1ccncc1C(CN)NC1CCC(C)C1. The Hall–Kier alpha value is -0.930. The predicted octanol–water partition coefficient (Wildman–Crippen LogP) is 2.17. The second-order valence-corrected chi connectivity index (χ2v) is 5.30.